The molecule has 21 heavy (non-hydrogen) atoms. The second-order valence-electron chi connectivity index (χ2n) is 4.73. The normalized spacial score (nSPS) is 11.0. The van der Waals surface area contributed by atoms with Gasteiger partial charge in [0.25, 0.3) is 0 Å². The van der Waals surface area contributed by atoms with Crippen molar-refractivity contribution in [3.05, 3.63) is 38.2 Å². The standard InChI is InChI=1S/C15H15ClINO3/c1-4-20-15(19)13-12(8(2)3)18-14(21-13)10-7-9(16)5-6-11(10)17/h5-8H,4H2,1-3H3. The van der Waals surface area contributed by atoms with Crippen LogP contribution in [0.25, 0.3) is 11.5 Å². The number of rotatable bonds is 4. The molecule has 0 N–H and O–H groups in total. The Bertz CT molecular complexity index is 667. The minimum Gasteiger partial charge on any atom is -0.460 e. The average Bonchev–Trinajstić information content (AvgIpc) is 2.87. The number of halogens is 2. The number of hydrogen-bond donors (Lipinski definition) is 0. The van der Waals surface area contributed by atoms with Gasteiger partial charge in [-0.05, 0) is 53.6 Å². The van der Waals surface area contributed by atoms with Crippen molar-refractivity contribution in [1.29, 1.82) is 0 Å². The fourth-order valence-corrected chi connectivity index (χ4v) is 2.58. The van der Waals surface area contributed by atoms with Crippen LogP contribution >= 0.6 is 34.2 Å². The maximum absolute atomic E-state index is 12.0. The largest absolute Gasteiger partial charge is 0.460 e. The van der Waals surface area contributed by atoms with E-state index >= 15 is 0 Å². The second kappa shape index (κ2) is 6.79. The Labute approximate surface area is 142 Å². The molecule has 1 heterocycles. The van der Waals surface area contributed by atoms with Crippen molar-refractivity contribution in [3.63, 3.8) is 0 Å². The van der Waals surface area contributed by atoms with Crippen LogP contribution in [0.5, 0.6) is 0 Å². The van der Waals surface area contributed by atoms with Gasteiger partial charge >= 0.3 is 5.97 Å². The highest BCUT2D eigenvalue weighted by Gasteiger charge is 2.24. The minimum absolute atomic E-state index is 0.0544. The molecule has 0 saturated carbocycles. The van der Waals surface area contributed by atoms with Crippen LogP contribution in [-0.4, -0.2) is 17.6 Å². The molecule has 0 saturated heterocycles. The van der Waals surface area contributed by atoms with E-state index in [1.165, 1.54) is 0 Å². The van der Waals surface area contributed by atoms with Crippen molar-refractivity contribution in [2.75, 3.05) is 6.61 Å². The quantitative estimate of drug-likeness (QED) is 0.522. The van der Waals surface area contributed by atoms with Gasteiger partial charge in [-0.15, -0.1) is 0 Å². The van der Waals surface area contributed by atoms with Gasteiger partial charge in [0.05, 0.1) is 17.9 Å². The van der Waals surface area contributed by atoms with Crippen molar-refractivity contribution in [2.45, 2.75) is 26.7 Å². The summed E-state index contributed by atoms with van der Waals surface area (Å²) in [6.07, 6.45) is 0. The molecule has 1 aromatic carbocycles. The summed E-state index contributed by atoms with van der Waals surface area (Å²) in [5.41, 5.74) is 1.36. The van der Waals surface area contributed by atoms with Crippen LogP contribution in [0.2, 0.25) is 5.02 Å². The Morgan fingerprint density at radius 2 is 2.19 bits per heavy atom. The Balaban J connectivity index is 2.53. The number of carbonyl (C=O) groups is 1. The molecule has 0 aliphatic rings. The van der Waals surface area contributed by atoms with Gasteiger partial charge in [-0.2, -0.15) is 0 Å². The predicted octanol–water partition coefficient (Wildman–Crippen LogP) is 4.90. The first kappa shape index (κ1) is 16.3. The van der Waals surface area contributed by atoms with Gasteiger partial charge in [0.1, 0.15) is 0 Å². The van der Waals surface area contributed by atoms with Crippen molar-refractivity contribution in [2.24, 2.45) is 0 Å². The summed E-state index contributed by atoms with van der Waals surface area (Å²) in [6.45, 7) is 5.95. The van der Waals surface area contributed by atoms with E-state index in [1.54, 1.807) is 19.1 Å². The molecule has 0 spiro atoms. The molecule has 0 bridgehead atoms. The summed E-state index contributed by atoms with van der Waals surface area (Å²) in [4.78, 5) is 16.4. The first-order valence-electron chi connectivity index (χ1n) is 6.57. The second-order valence-corrected chi connectivity index (χ2v) is 6.33. The summed E-state index contributed by atoms with van der Waals surface area (Å²) in [6, 6.07) is 5.45. The van der Waals surface area contributed by atoms with Crippen LogP contribution < -0.4 is 0 Å². The van der Waals surface area contributed by atoms with Crippen molar-refractivity contribution < 1.29 is 13.9 Å². The minimum atomic E-state index is -0.489. The predicted molar refractivity (Wildman–Crippen MR) is 89.7 cm³/mol. The number of aromatic nitrogens is 1. The van der Waals surface area contributed by atoms with Gasteiger partial charge in [0, 0.05) is 8.59 Å². The molecule has 6 heteroatoms. The first-order valence-corrected chi connectivity index (χ1v) is 8.03. The maximum atomic E-state index is 12.0. The highest BCUT2D eigenvalue weighted by molar-refractivity contribution is 14.1. The Morgan fingerprint density at radius 1 is 1.48 bits per heavy atom. The van der Waals surface area contributed by atoms with Crippen LogP contribution in [0.3, 0.4) is 0 Å². The third-order valence-electron chi connectivity index (χ3n) is 2.82. The van der Waals surface area contributed by atoms with Gasteiger partial charge in [-0.1, -0.05) is 25.4 Å². The highest BCUT2D eigenvalue weighted by atomic mass is 127. The number of nitrogens with zero attached hydrogens (tertiary/aromatic N) is 1. The number of oxazole rings is 1. The van der Waals surface area contributed by atoms with E-state index in [4.69, 9.17) is 20.8 Å². The highest BCUT2D eigenvalue weighted by Crippen LogP contribution is 2.31. The molecular formula is C15H15ClINO3. The van der Waals surface area contributed by atoms with Crippen molar-refractivity contribution >= 4 is 40.2 Å². The molecule has 0 unspecified atom stereocenters. The monoisotopic (exact) mass is 419 g/mol. The number of esters is 1. The van der Waals surface area contributed by atoms with E-state index in [9.17, 15) is 4.79 Å². The summed E-state index contributed by atoms with van der Waals surface area (Å²) < 4.78 is 11.6. The molecule has 2 rings (SSSR count). The van der Waals surface area contributed by atoms with Crippen LogP contribution in [-0.2, 0) is 4.74 Å². The van der Waals surface area contributed by atoms with Gasteiger partial charge in [-0.25, -0.2) is 9.78 Å². The molecular weight excluding hydrogens is 405 g/mol. The summed E-state index contributed by atoms with van der Waals surface area (Å²) in [5.74, 6) is 0.113. The van der Waals surface area contributed by atoms with E-state index in [0.717, 1.165) is 9.13 Å². The lowest BCUT2D eigenvalue weighted by Gasteiger charge is -2.02. The Kier molecular flexibility index (Phi) is 5.27. The molecule has 0 radical (unpaired) electrons. The Hall–Kier alpha value is -1.08. The third-order valence-corrected chi connectivity index (χ3v) is 4.00. The molecule has 0 atom stereocenters. The fraction of sp³-hybridized carbons (Fsp3) is 0.333. The topological polar surface area (TPSA) is 52.3 Å². The zero-order valence-corrected chi connectivity index (χ0v) is 14.9. The van der Waals surface area contributed by atoms with Gasteiger partial charge in [-0.3, -0.25) is 0 Å². The summed E-state index contributed by atoms with van der Waals surface area (Å²) in [7, 11) is 0. The SMILES string of the molecule is CCOC(=O)c1oc(-c2cc(Cl)ccc2I)nc1C(C)C. The van der Waals surface area contributed by atoms with E-state index in [2.05, 4.69) is 27.6 Å². The summed E-state index contributed by atoms with van der Waals surface area (Å²) >= 11 is 8.20. The molecule has 0 fully saturated rings. The number of hydrogen-bond acceptors (Lipinski definition) is 4. The molecule has 0 aliphatic carbocycles. The zero-order chi connectivity index (χ0) is 15.6. The van der Waals surface area contributed by atoms with Crippen LogP contribution in [0, 0.1) is 3.57 Å². The molecule has 1 aromatic heterocycles. The number of ether oxygens (including phenoxy) is 1. The lowest BCUT2D eigenvalue weighted by Crippen LogP contribution is -2.07. The lowest BCUT2D eigenvalue weighted by molar-refractivity contribution is 0.0488. The zero-order valence-electron chi connectivity index (χ0n) is 11.9. The van der Waals surface area contributed by atoms with Gasteiger partial charge < -0.3 is 9.15 Å². The Morgan fingerprint density at radius 3 is 2.81 bits per heavy atom. The molecule has 4 nitrogen and oxygen atoms in total. The third kappa shape index (κ3) is 3.58. The average molecular weight is 420 g/mol. The summed E-state index contributed by atoms with van der Waals surface area (Å²) in [5, 5.41) is 0.590. The van der Waals surface area contributed by atoms with Crippen molar-refractivity contribution in [3.8, 4) is 11.5 Å². The fourth-order valence-electron chi connectivity index (χ4n) is 1.84. The molecule has 0 amide bonds. The smallest absolute Gasteiger partial charge is 0.376 e. The van der Waals surface area contributed by atoms with Crippen molar-refractivity contribution in [1.82, 2.24) is 4.98 Å². The number of benzene rings is 1. The van der Waals surface area contributed by atoms with Gasteiger partial charge in [0.15, 0.2) is 0 Å². The first-order chi connectivity index (χ1) is 9.93. The van der Waals surface area contributed by atoms with Gasteiger partial charge in [0.2, 0.25) is 11.7 Å². The molecule has 2 aromatic rings. The maximum Gasteiger partial charge on any atom is 0.376 e. The van der Waals surface area contributed by atoms with Crippen LogP contribution in [0.15, 0.2) is 22.6 Å². The van der Waals surface area contributed by atoms with E-state index in [1.807, 2.05) is 19.9 Å². The number of carbonyl (C=O) groups excluding carboxylic acids is 1. The van der Waals surface area contributed by atoms with E-state index in [0.29, 0.717) is 23.2 Å². The van der Waals surface area contributed by atoms with E-state index in [-0.39, 0.29) is 11.7 Å². The van der Waals surface area contributed by atoms with E-state index < -0.39 is 5.97 Å². The lowest BCUT2D eigenvalue weighted by atomic mass is 10.1. The molecule has 0 aliphatic heterocycles. The van der Waals surface area contributed by atoms with Crippen LogP contribution in [0.4, 0.5) is 0 Å². The molecule has 112 valence electrons. The van der Waals surface area contributed by atoms with Crippen LogP contribution in [0.1, 0.15) is 42.9 Å².